The summed E-state index contributed by atoms with van der Waals surface area (Å²) in [7, 11) is 4.09. The summed E-state index contributed by atoms with van der Waals surface area (Å²) in [4.78, 5) is 2.13. The smallest absolute Gasteiger partial charge is 0.120 e. The van der Waals surface area contributed by atoms with Gasteiger partial charge in [-0.1, -0.05) is 12.1 Å². The Balaban J connectivity index is 2.69. The molecular formula is C11H18N2O. The molecule has 0 aliphatic heterocycles. The van der Waals surface area contributed by atoms with Gasteiger partial charge in [0.25, 0.3) is 0 Å². The molecule has 0 heterocycles. The Morgan fingerprint density at radius 1 is 1.36 bits per heavy atom. The summed E-state index contributed by atoms with van der Waals surface area (Å²) in [5.74, 6) is 0.293. The molecule has 14 heavy (non-hydrogen) atoms. The number of phenols is 1. The Bertz CT molecular complexity index is 297. The number of benzene rings is 1. The van der Waals surface area contributed by atoms with Gasteiger partial charge in [-0.2, -0.15) is 0 Å². The molecule has 3 N–H and O–H groups in total. The molecule has 0 unspecified atom stereocenters. The molecule has 3 heteroatoms. The quantitative estimate of drug-likeness (QED) is 0.750. The topological polar surface area (TPSA) is 49.5 Å². The molecule has 1 aromatic rings. The van der Waals surface area contributed by atoms with E-state index in [9.17, 15) is 5.11 Å². The molecule has 0 saturated carbocycles. The Morgan fingerprint density at radius 2 is 2.07 bits per heavy atom. The first-order valence-electron chi connectivity index (χ1n) is 4.79. The molecule has 0 fully saturated rings. The van der Waals surface area contributed by atoms with E-state index in [4.69, 9.17) is 5.73 Å². The lowest BCUT2D eigenvalue weighted by atomic mass is 10.1. The minimum Gasteiger partial charge on any atom is -0.508 e. The van der Waals surface area contributed by atoms with Crippen molar-refractivity contribution in [1.82, 2.24) is 4.90 Å². The van der Waals surface area contributed by atoms with Gasteiger partial charge in [-0.15, -0.1) is 0 Å². The molecule has 78 valence electrons. The van der Waals surface area contributed by atoms with Crippen LogP contribution in [0.4, 0.5) is 0 Å². The predicted molar refractivity (Wildman–Crippen MR) is 58.3 cm³/mol. The summed E-state index contributed by atoms with van der Waals surface area (Å²) in [6, 6.07) is 5.63. The predicted octanol–water partition coefficient (Wildman–Crippen LogP) is 0.955. The van der Waals surface area contributed by atoms with Crippen LogP contribution in [0.5, 0.6) is 5.75 Å². The minimum atomic E-state index is 0.293. The van der Waals surface area contributed by atoms with Crippen molar-refractivity contribution in [2.24, 2.45) is 5.73 Å². The molecular weight excluding hydrogens is 176 g/mol. The van der Waals surface area contributed by atoms with Gasteiger partial charge in [0.15, 0.2) is 0 Å². The van der Waals surface area contributed by atoms with Gasteiger partial charge in [0.2, 0.25) is 0 Å². The normalized spacial score (nSPS) is 10.9. The molecule has 0 aromatic heterocycles. The monoisotopic (exact) mass is 194 g/mol. The number of hydrogen-bond donors (Lipinski definition) is 2. The third-order valence-corrected chi connectivity index (χ3v) is 2.21. The van der Waals surface area contributed by atoms with Crippen molar-refractivity contribution in [1.29, 1.82) is 0 Å². The SMILES string of the molecule is CN(C)CCc1ccc(O)c(CN)c1. The van der Waals surface area contributed by atoms with E-state index in [0.717, 1.165) is 18.5 Å². The molecule has 0 aliphatic rings. The summed E-state index contributed by atoms with van der Waals surface area (Å²) < 4.78 is 0. The second kappa shape index (κ2) is 4.98. The average Bonchev–Trinajstić information content (AvgIpc) is 2.16. The first-order valence-corrected chi connectivity index (χ1v) is 4.79. The Morgan fingerprint density at radius 3 is 2.64 bits per heavy atom. The van der Waals surface area contributed by atoms with Gasteiger partial charge < -0.3 is 15.7 Å². The van der Waals surface area contributed by atoms with Gasteiger partial charge in [0.1, 0.15) is 5.75 Å². The minimum absolute atomic E-state index is 0.293. The average molecular weight is 194 g/mol. The van der Waals surface area contributed by atoms with Crippen molar-refractivity contribution in [3.63, 3.8) is 0 Å². The first-order chi connectivity index (χ1) is 6.63. The summed E-state index contributed by atoms with van der Waals surface area (Å²) in [5.41, 5.74) is 7.55. The lowest BCUT2D eigenvalue weighted by Gasteiger charge is -2.10. The van der Waals surface area contributed by atoms with Crippen molar-refractivity contribution in [3.8, 4) is 5.75 Å². The molecule has 1 aromatic carbocycles. The van der Waals surface area contributed by atoms with Crippen LogP contribution in [0.25, 0.3) is 0 Å². The molecule has 0 aliphatic carbocycles. The van der Waals surface area contributed by atoms with Crippen molar-refractivity contribution in [2.75, 3.05) is 20.6 Å². The van der Waals surface area contributed by atoms with Crippen LogP contribution in [0.2, 0.25) is 0 Å². The highest BCUT2D eigenvalue weighted by Gasteiger charge is 2.01. The van der Waals surface area contributed by atoms with Crippen LogP contribution in [-0.2, 0) is 13.0 Å². The van der Waals surface area contributed by atoms with E-state index in [1.165, 1.54) is 5.56 Å². The summed E-state index contributed by atoms with van der Waals surface area (Å²) in [5, 5.41) is 9.42. The van der Waals surface area contributed by atoms with Gasteiger partial charge in [-0.3, -0.25) is 0 Å². The fourth-order valence-corrected chi connectivity index (χ4v) is 1.31. The first kappa shape index (κ1) is 11.0. The fourth-order valence-electron chi connectivity index (χ4n) is 1.31. The zero-order chi connectivity index (χ0) is 10.6. The lowest BCUT2D eigenvalue weighted by molar-refractivity contribution is 0.413. The van der Waals surface area contributed by atoms with E-state index >= 15 is 0 Å². The third kappa shape index (κ3) is 3.01. The zero-order valence-corrected chi connectivity index (χ0v) is 8.83. The second-order valence-electron chi connectivity index (χ2n) is 3.72. The van der Waals surface area contributed by atoms with E-state index in [-0.39, 0.29) is 0 Å². The van der Waals surface area contributed by atoms with Crippen LogP contribution in [-0.4, -0.2) is 30.6 Å². The molecule has 0 atom stereocenters. The van der Waals surface area contributed by atoms with Gasteiger partial charge in [-0.05, 0) is 32.1 Å². The molecule has 0 bridgehead atoms. The van der Waals surface area contributed by atoms with Crippen LogP contribution in [0.15, 0.2) is 18.2 Å². The maximum absolute atomic E-state index is 9.42. The van der Waals surface area contributed by atoms with Gasteiger partial charge in [-0.25, -0.2) is 0 Å². The van der Waals surface area contributed by atoms with Crippen molar-refractivity contribution in [2.45, 2.75) is 13.0 Å². The molecule has 0 amide bonds. The fraction of sp³-hybridized carbons (Fsp3) is 0.455. The van der Waals surface area contributed by atoms with E-state index < -0.39 is 0 Å². The highest BCUT2D eigenvalue weighted by atomic mass is 16.3. The van der Waals surface area contributed by atoms with Gasteiger partial charge in [0.05, 0.1) is 0 Å². The number of phenolic OH excluding ortho intramolecular Hbond substituents is 1. The number of rotatable bonds is 4. The van der Waals surface area contributed by atoms with Crippen LogP contribution in [0.3, 0.4) is 0 Å². The summed E-state index contributed by atoms with van der Waals surface area (Å²) in [6.07, 6.45) is 0.986. The van der Waals surface area contributed by atoms with E-state index in [0.29, 0.717) is 12.3 Å². The molecule has 0 spiro atoms. The third-order valence-electron chi connectivity index (χ3n) is 2.21. The zero-order valence-electron chi connectivity index (χ0n) is 8.83. The highest BCUT2D eigenvalue weighted by molar-refractivity contribution is 5.36. The van der Waals surface area contributed by atoms with Gasteiger partial charge >= 0.3 is 0 Å². The number of nitrogens with zero attached hydrogens (tertiary/aromatic N) is 1. The second-order valence-corrected chi connectivity index (χ2v) is 3.72. The highest BCUT2D eigenvalue weighted by Crippen LogP contribution is 2.17. The maximum atomic E-state index is 9.42. The number of aromatic hydroxyl groups is 1. The van der Waals surface area contributed by atoms with Crippen molar-refractivity contribution < 1.29 is 5.11 Å². The number of likely N-dealkylation sites (N-methyl/N-ethyl adjacent to an activating group) is 1. The molecule has 0 saturated heterocycles. The standard InChI is InChI=1S/C11H18N2O/c1-13(2)6-5-9-3-4-11(14)10(7-9)8-12/h3-4,7,14H,5-6,8,12H2,1-2H3. The van der Waals surface area contributed by atoms with E-state index in [2.05, 4.69) is 4.90 Å². The Labute approximate surface area is 85.2 Å². The van der Waals surface area contributed by atoms with Crippen molar-refractivity contribution >= 4 is 0 Å². The molecule has 1 rings (SSSR count). The van der Waals surface area contributed by atoms with Gasteiger partial charge in [0, 0.05) is 18.7 Å². The Hall–Kier alpha value is -1.06. The summed E-state index contributed by atoms with van der Waals surface area (Å²) >= 11 is 0. The lowest BCUT2D eigenvalue weighted by Crippen LogP contribution is -2.15. The number of hydrogen-bond acceptors (Lipinski definition) is 3. The Kier molecular flexibility index (Phi) is 3.92. The van der Waals surface area contributed by atoms with E-state index in [1.54, 1.807) is 6.07 Å². The van der Waals surface area contributed by atoms with Crippen molar-refractivity contribution in [3.05, 3.63) is 29.3 Å². The van der Waals surface area contributed by atoms with Crippen LogP contribution in [0, 0.1) is 0 Å². The summed E-state index contributed by atoms with van der Waals surface area (Å²) in [6.45, 7) is 1.40. The molecule has 3 nitrogen and oxygen atoms in total. The van der Waals surface area contributed by atoms with Crippen LogP contribution in [0.1, 0.15) is 11.1 Å². The number of nitrogens with two attached hydrogens (primary N) is 1. The molecule has 0 radical (unpaired) electrons. The van der Waals surface area contributed by atoms with E-state index in [1.807, 2.05) is 26.2 Å². The van der Waals surface area contributed by atoms with Crippen LogP contribution < -0.4 is 5.73 Å². The van der Waals surface area contributed by atoms with Crippen LogP contribution >= 0.6 is 0 Å². The largest absolute Gasteiger partial charge is 0.508 e. The maximum Gasteiger partial charge on any atom is 0.120 e.